The third-order valence-corrected chi connectivity index (χ3v) is 3.55. The Labute approximate surface area is 117 Å². The van der Waals surface area contributed by atoms with Gasteiger partial charge in [-0.2, -0.15) is 0 Å². The van der Waals surface area contributed by atoms with Crippen LogP contribution in [0.5, 0.6) is 5.75 Å². The first-order valence-corrected chi connectivity index (χ1v) is 6.51. The molecule has 0 amide bonds. The van der Waals surface area contributed by atoms with Gasteiger partial charge < -0.3 is 14.7 Å². The Morgan fingerprint density at radius 1 is 1.16 bits per heavy atom. The SMILES string of the molecule is Oc1cccc([C@H]2COCN2c2ccc(Cl)cc2)c1. The lowest BCUT2D eigenvalue weighted by Gasteiger charge is -2.25. The molecule has 2 aromatic carbocycles. The van der Waals surface area contributed by atoms with Crippen LogP contribution >= 0.6 is 11.6 Å². The highest BCUT2D eigenvalue weighted by Crippen LogP contribution is 2.33. The van der Waals surface area contributed by atoms with Crippen molar-refractivity contribution in [1.29, 1.82) is 0 Å². The fourth-order valence-electron chi connectivity index (χ4n) is 2.34. The summed E-state index contributed by atoms with van der Waals surface area (Å²) in [7, 11) is 0. The molecular weight excluding hydrogens is 262 g/mol. The third-order valence-electron chi connectivity index (χ3n) is 3.30. The molecule has 1 aliphatic rings. The molecule has 0 spiro atoms. The van der Waals surface area contributed by atoms with E-state index in [4.69, 9.17) is 16.3 Å². The summed E-state index contributed by atoms with van der Waals surface area (Å²) in [5, 5.41) is 10.3. The number of ether oxygens (including phenoxy) is 1. The molecule has 98 valence electrons. The van der Waals surface area contributed by atoms with Crippen molar-refractivity contribution in [3.63, 3.8) is 0 Å². The molecule has 1 atom stereocenters. The summed E-state index contributed by atoms with van der Waals surface area (Å²) in [5.41, 5.74) is 2.11. The number of benzene rings is 2. The van der Waals surface area contributed by atoms with E-state index >= 15 is 0 Å². The van der Waals surface area contributed by atoms with E-state index in [1.54, 1.807) is 12.1 Å². The third kappa shape index (κ3) is 2.53. The quantitative estimate of drug-likeness (QED) is 0.909. The van der Waals surface area contributed by atoms with Crippen LogP contribution in [0.15, 0.2) is 48.5 Å². The van der Waals surface area contributed by atoms with Gasteiger partial charge in [0, 0.05) is 10.7 Å². The van der Waals surface area contributed by atoms with Gasteiger partial charge in [0.1, 0.15) is 12.5 Å². The molecule has 0 bridgehead atoms. The molecule has 1 aliphatic heterocycles. The molecule has 0 aliphatic carbocycles. The Bertz CT molecular complexity index is 571. The number of halogens is 1. The normalized spacial score (nSPS) is 18.8. The Kier molecular flexibility index (Phi) is 3.32. The molecule has 1 heterocycles. The molecule has 19 heavy (non-hydrogen) atoms. The fraction of sp³-hybridized carbons (Fsp3) is 0.200. The lowest BCUT2D eigenvalue weighted by molar-refractivity contribution is 0.194. The van der Waals surface area contributed by atoms with Crippen molar-refractivity contribution in [3.8, 4) is 5.75 Å². The summed E-state index contributed by atoms with van der Waals surface area (Å²) in [6.07, 6.45) is 0. The van der Waals surface area contributed by atoms with Crippen molar-refractivity contribution in [3.05, 3.63) is 59.1 Å². The number of hydrogen-bond acceptors (Lipinski definition) is 3. The second kappa shape index (κ2) is 5.11. The molecule has 2 aromatic rings. The van der Waals surface area contributed by atoms with Crippen molar-refractivity contribution in [1.82, 2.24) is 0 Å². The summed E-state index contributed by atoms with van der Waals surface area (Å²) in [6, 6.07) is 15.1. The first kappa shape index (κ1) is 12.3. The van der Waals surface area contributed by atoms with Crippen molar-refractivity contribution in [2.75, 3.05) is 18.2 Å². The summed E-state index contributed by atoms with van der Waals surface area (Å²) in [6.45, 7) is 1.16. The maximum Gasteiger partial charge on any atom is 0.119 e. The lowest BCUT2D eigenvalue weighted by Crippen LogP contribution is -2.23. The standard InChI is InChI=1S/C15H14ClNO2/c16-12-4-6-13(7-5-12)17-10-19-9-15(17)11-2-1-3-14(18)8-11/h1-8,15,18H,9-10H2/t15-/m1/s1. The van der Waals surface area contributed by atoms with Crippen LogP contribution in [-0.2, 0) is 4.74 Å². The second-order valence-corrected chi connectivity index (χ2v) is 4.99. The highest BCUT2D eigenvalue weighted by atomic mass is 35.5. The smallest absolute Gasteiger partial charge is 0.119 e. The van der Waals surface area contributed by atoms with E-state index in [0.29, 0.717) is 13.3 Å². The van der Waals surface area contributed by atoms with E-state index in [9.17, 15) is 5.11 Å². The van der Waals surface area contributed by atoms with Gasteiger partial charge in [-0.1, -0.05) is 23.7 Å². The number of phenolic OH excluding ortho intramolecular Hbond substituents is 1. The van der Waals surface area contributed by atoms with Crippen LogP contribution in [-0.4, -0.2) is 18.4 Å². The van der Waals surface area contributed by atoms with Crippen LogP contribution in [0.25, 0.3) is 0 Å². The van der Waals surface area contributed by atoms with Gasteiger partial charge in [0.2, 0.25) is 0 Å². The number of hydrogen-bond donors (Lipinski definition) is 1. The van der Waals surface area contributed by atoms with E-state index in [2.05, 4.69) is 4.90 Å². The molecular formula is C15H14ClNO2. The number of phenols is 1. The van der Waals surface area contributed by atoms with Gasteiger partial charge >= 0.3 is 0 Å². The van der Waals surface area contributed by atoms with Crippen LogP contribution in [0.4, 0.5) is 5.69 Å². The van der Waals surface area contributed by atoms with Gasteiger partial charge in [-0.15, -0.1) is 0 Å². The highest BCUT2D eigenvalue weighted by Gasteiger charge is 2.27. The topological polar surface area (TPSA) is 32.7 Å². The number of anilines is 1. The number of nitrogens with zero attached hydrogens (tertiary/aromatic N) is 1. The van der Waals surface area contributed by atoms with Crippen LogP contribution < -0.4 is 4.90 Å². The second-order valence-electron chi connectivity index (χ2n) is 4.56. The molecule has 1 N–H and O–H groups in total. The summed E-state index contributed by atoms with van der Waals surface area (Å²) >= 11 is 5.91. The van der Waals surface area contributed by atoms with E-state index in [-0.39, 0.29) is 11.8 Å². The molecule has 3 rings (SSSR count). The van der Waals surface area contributed by atoms with Crippen molar-refractivity contribution in [2.24, 2.45) is 0 Å². The van der Waals surface area contributed by atoms with Crippen molar-refractivity contribution < 1.29 is 9.84 Å². The van der Waals surface area contributed by atoms with E-state index in [1.807, 2.05) is 36.4 Å². The summed E-state index contributed by atoms with van der Waals surface area (Å²) in [5.74, 6) is 0.278. The zero-order chi connectivity index (χ0) is 13.2. The largest absolute Gasteiger partial charge is 0.508 e. The predicted octanol–water partition coefficient (Wildman–Crippen LogP) is 3.58. The molecule has 4 heteroatoms. The van der Waals surface area contributed by atoms with Crippen LogP contribution in [0.1, 0.15) is 11.6 Å². The van der Waals surface area contributed by atoms with E-state index in [1.165, 1.54) is 0 Å². The fourth-order valence-corrected chi connectivity index (χ4v) is 2.46. The summed E-state index contributed by atoms with van der Waals surface area (Å²) in [4.78, 5) is 2.16. The number of rotatable bonds is 2. The first-order chi connectivity index (χ1) is 9.24. The molecule has 1 fully saturated rings. The van der Waals surface area contributed by atoms with Gasteiger partial charge in [-0.05, 0) is 42.0 Å². The minimum atomic E-state index is 0.119. The van der Waals surface area contributed by atoms with Gasteiger partial charge in [0.15, 0.2) is 0 Å². The van der Waals surface area contributed by atoms with E-state index < -0.39 is 0 Å². The molecule has 3 nitrogen and oxygen atoms in total. The van der Waals surface area contributed by atoms with Crippen LogP contribution in [0.3, 0.4) is 0 Å². The molecule has 0 radical (unpaired) electrons. The van der Waals surface area contributed by atoms with Gasteiger partial charge in [0.05, 0.1) is 12.6 Å². The summed E-state index contributed by atoms with van der Waals surface area (Å²) < 4.78 is 5.56. The van der Waals surface area contributed by atoms with Crippen molar-refractivity contribution in [2.45, 2.75) is 6.04 Å². The maximum absolute atomic E-state index is 9.59. The minimum absolute atomic E-state index is 0.119. The number of aromatic hydroxyl groups is 1. The molecule has 0 aromatic heterocycles. The monoisotopic (exact) mass is 275 g/mol. The average Bonchev–Trinajstić information content (AvgIpc) is 2.89. The molecule has 1 saturated heterocycles. The van der Waals surface area contributed by atoms with Gasteiger partial charge in [-0.3, -0.25) is 0 Å². The lowest BCUT2D eigenvalue weighted by atomic mass is 10.1. The van der Waals surface area contributed by atoms with E-state index in [0.717, 1.165) is 16.3 Å². The first-order valence-electron chi connectivity index (χ1n) is 6.13. The highest BCUT2D eigenvalue weighted by molar-refractivity contribution is 6.30. The zero-order valence-electron chi connectivity index (χ0n) is 10.3. The van der Waals surface area contributed by atoms with Gasteiger partial charge in [-0.25, -0.2) is 0 Å². The molecule has 0 unspecified atom stereocenters. The zero-order valence-corrected chi connectivity index (χ0v) is 11.0. The minimum Gasteiger partial charge on any atom is -0.508 e. The Hall–Kier alpha value is -1.71. The average molecular weight is 276 g/mol. The molecule has 0 saturated carbocycles. The van der Waals surface area contributed by atoms with Gasteiger partial charge in [0.25, 0.3) is 0 Å². The Morgan fingerprint density at radius 2 is 1.95 bits per heavy atom. The van der Waals surface area contributed by atoms with Crippen LogP contribution in [0, 0.1) is 0 Å². The predicted molar refractivity (Wildman–Crippen MR) is 75.6 cm³/mol. The van der Waals surface area contributed by atoms with Crippen LogP contribution in [0.2, 0.25) is 5.02 Å². The maximum atomic E-state index is 9.59. The van der Waals surface area contributed by atoms with Crippen molar-refractivity contribution >= 4 is 17.3 Å². The Morgan fingerprint density at radius 3 is 2.68 bits per heavy atom. The Balaban J connectivity index is 1.91.